The molecule has 2 aromatic heterocycles. The van der Waals surface area contributed by atoms with Crippen molar-refractivity contribution >= 4 is 29.3 Å². The van der Waals surface area contributed by atoms with Crippen LogP contribution < -0.4 is 10.8 Å². The minimum Gasteiger partial charge on any atom is -0.383 e. The molecule has 2 fully saturated rings. The van der Waals surface area contributed by atoms with Crippen LogP contribution in [-0.2, 0) is 10.5 Å². The number of pyridine rings is 1. The van der Waals surface area contributed by atoms with Gasteiger partial charge in [0.25, 0.3) is 0 Å². The van der Waals surface area contributed by atoms with E-state index >= 15 is 13.2 Å². The molecule has 2 N–H and O–H groups in total. The molecule has 3 heterocycles. The van der Waals surface area contributed by atoms with E-state index in [1.54, 1.807) is 26.1 Å². The fraction of sp³-hybridized carbons (Fsp3) is 0.500. The molecular weight excluding hydrogens is 488 g/mol. The fourth-order valence-corrected chi connectivity index (χ4v) is 7.91. The van der Waals surface area contributed by atoms with Crippen molar-refractivity contribution in [1.82, 2.24) is 15.0 Å². The van der Waals surface area contributed by atoms with Crippen molar-refractivity contribution < 1.29 is 22.8 Å². The van der Waals surface area contributed by atoms with Crippen LogP contribution in [0.1, 0.15) is 62.5 Å². The summed E-state index contributed by atoms with van der Waals surface area (Å²) in [5, 5.41) is 14.3. The molecule has 1 aliphatic carbocycles. The number of aliphatic hydroxyl groups is 1. The second-order valence-electron chi connectivity index (χ2n) is 10.3. The van der Waals surface area contributed by atoms with Gasteiger partial charge in [-0.3, -0.25) is 4.98 Å². The Bertz CT molecular complexity index is 1370. The summed E-state index contributed by atoms with van der Waals surface area (Å²) in [6, 6.07) is 4.86. The van der Waals surface area contributed by atoms with Crippen LogP contribution in [0.4, 0.5) is 19.0 Å². The Hall–Kier alpha value is -2.51. The first-order chi connectivity index (χ1) is 16.9. The Kier molecular flexibility index (Phi) is 6.15. The zero-order chi connectivity index (χ0) is 25.9. The van der Waals surface area contributed by atoms with Crippen molar-refractivity contribution in [3.05, 3.63) is 53.2 Å². The number of fused-ring (bicyclic) bond motifs is 1. The number of rotatable bonds is 7. The second-order valence-corrected chi connectivity index (χ2v) is 13.4. The molecule has 2 atom stereocenters. The van der Waals surface area contributed by atoms with Crippen LogP contribution in [-0.4, -0.2) is 38.0 Å². The summed E-state index contributed by atoms with van der Waals surface area (Å²) >= 11 is 0. The zero-order valence-corrected chi connectivity index (χ0v) is 21.5. The first kappa shape index (κ1) is 25.2. The normalized spacial score (nSPS) is 20.3. The van der Waals surface area contributed by atoms with Gasteiger partial charge in [-0.15, -0.1) is 0 Å². The minimum atomic E-state index is -3.75. The fourth-order valence-electron chi connectivity index (χ4n) is 5.13. The monoisotopic (exact) mass is 518 g/mol. The lowest BCUT2D eigenvalue weighted by atomic mass is 9.86. The Morgan fingerprint density at radius 3 is 2.56 bits per heavy atom. The number of alkyl halides is 2. The standard InChI is InChI=1S/C26H30F3N4O2P/c1-15(18-7-6-8-20(23(18)27)26(28,29)25(3,34)17-9-10-17)31-24-19-13-22(36(35)11-4-5-12-36)30-14-21(19)32-16(2)33-24/h6-8,13-15,17,34H,4-5,9-12H2,1-3H3,(H,31,32,33)/t15-,25?/m1/s1. The van der Waals surface area contributed by atoms with Crippen molar-refractivity contribution in [2.45, 2.75) is 64.0 Å². The van der Waals surface area contributed by atoms with Gasteiger partial charge in [0.2, 0.25) is 0 Å². The SMILES string of the molecule is Cc1nc(N[C@H](C)c2cccc(C(F)(F)C(C)(O)C3CC3)c2F)c2cc(P3(=O)CCCC3)ncc2n1. The number of aromatic nitrogens is 3. The van der Waals surface area contributed by atoms with E-state index in [9.17, 15) is 9.67 Å². The molecule has 2 aliphatic rings. The van der Waals surface area contributed by atoms with E-state index in [1.165, 1.54) is 12.1 Å². The van der Waals surface area contributed by atoms with Crippen molar-refractivity contribution in [1.29, 1.82) is 0 Å². The van der Waals surface area contributed by atoms with Gasteiger partial charge in [-0.05, 0) is 64.5 Å². The molecule has 1 unspecified atom stereocenters. The summed E-state index contributed by atoms with van der Waals surface area (Å²) in [6.45, 7) is 4.45. The molecule has 0 spiro atoms. The van der Waals surface area contributed by atoms with Crippen LogP contribution in [0, 0.1) is 18.7 Å². The molecule has 3 aromatic rings. The van der Waals surface area contributed by atoms with Crippen molar-refractivity contribution in [2.75, 3.05) is 17.6 Å². The van der Waals surface area contributed by atoms with Crippen LogP contribution in [0.5, 0.6) is 0 Å². The molecule has 1 saturated heterocycles. The van der Waals surface area contributed by atoms with E-state index in [0.29, 0.717) is 53.1 Å². The van der Waals surface area contributed by atoms with Crippen LogP contribution in [0.15, 0.2) is 30.5 Å². The lowest BCUT2D eigenvalue weighted by Crippen LogP contribution is -2.45. The summed E-state index contributed by atoms with van der Waals surface area (Å²) in [5.41, 5.74) is -2.04. The highest BCUT2D eigenvalue weighted by Crippen LogP contribution is 2.53. The molecule has 36 heavy (non-hydrogen) atoms. The molecule has 192 valence electrons. The Morgan fingerprint density at radius 2 is 1.89 bits per heavy atom. The largest absolute Gasteiger partial charge is 0.383 e. The molecule has 1 aromatic carbocycles. The summed E-state index contributed by atoms with van der Waals surface area (Å²) in [6.07, 6.45) is 5.60. The minimum absolute atomic E-state index is 0.0288. The molecular formula is C26H30F3N4O2P. The van der Waals surface area contributed by atoms with Crippen LogP contribution in [0.2, 0.25) is 0 Å². The second kappa shape index (κ2) is 8.80. The first-order valence-corrected chi connectivity index (χ1v) is 14.4. The van der Waals surface area contributed by atoms with Crippen LogP contribution in [0.3, 0.4) is 0 Å². The van der Waals surface area contributed by atoms with E-state index in [4.69, 9.17) is 0 Å². The van der Waals surface area contributed by atoms with Gasteiger partial charge in [0, 0.05) is 23.3 Å². The number of halogens is 3. The predicted octanol–water partition coefficient (Wildman–Crippen LogP) is 5.68. The Labute approximate surface area is 208 Å². The van der Waals surface area contributed by atoms with E-state index in [2.05, 4.69) is 20.3 Å². The number of aryl methyl sites for hydroxylation is 1. The lowest BCUT2D eigenvalue weighted by Gasteiger charge is -2.34. The van der Waals surface area contributed by atoms with Gasteiger partial charge in [-0.2, -0.15) is 8.78 Å². The summed E-state index contributed by atoms with van der Waals surface area (Å²) in [7, 11) is -2.56. The molecule has 5 rings (SSSR count). The van der Waals surface area contributed by atoms with Crippen LogP contribution in [0.25, 0.3) is 10.9 Å². The predicted molar refractivity (Wildman–Crippen MR) is 134 cm³/mol. The highest BCUT2D eigenvalue weighted by atomic mass is 31.2. The first-order valence-electron chi connectivity index (χ1n) is 12.3. The van der Waals surface area contributed by atoms with E-state index in [0.717, 1.165) is 25.8 Å². The average Bonchev–Trinajstić information content (AvgIpc) is 3.60. The Morgan fingerprint density at radius 1 is 1.19 bits per heavy atom. The third kappa shape index (κ3) is 4.20. The summed E-state index contributed by atoms with van der Waals surface area (Å²) in [4.78, 5) is 13.3. The highest BCUT2D eigenvalue weighted by Gasteiger charge is 2.59. The van der Waals surface area contributed by atoms with Gasteiger partial charge in [0.05, 0.1) is 23.3 Å². The maximum Gasteiger partial charge on any atom is 0.304 e. The smallest absolute Gasteiger partial charge is 0.304 e. The number of hydrogen-bond acceptors (Lipinski definition) is 6. The number of nitrogens with one attached hydrogen (secondary N) is 1. The molecule has 0 amide bonds. The van der Waals surface area contributed by atoms with Crippen molar-refractivity contribution in [3.63, 3.8) is 0 Å². The molecule has 1 aliphatic heterocycles. The van der Waals surface area contributed by atoms with Crippen molar-refractivity contribution in [3.8, 4) is 0 Å². The number of nitrogens with zero attached hydrogens (tertiary/aromatic N) is 3. The van der Waals surface area contributed by atoms with E-state index < -0.39 is 42.0 Å². The average molecular weight is 519 g/mol. The molecule has 0 radical (unpaired) electrons. The number of benzene rings is 1. The molecule has 6 nitrogen and oxygen atoms in total. The molecule has 0 bridgehead atoms. The maximum atomic E-state index is 15.5. The van der Waals surface area contributed by atoms with E-state index in [1.807, 2.05) is 0 Å². The quantitative estimate of drug-likeness (QED) is 0.392. The van der Waals surface area contributed by atoms with E-state index in [-0.39, 0.29) is 5.56 Å². The summed E-state index contributed by atoms with van der Waals surface area (Å²) in [5.74, 6) is -4.52. The maximum absolute atomic E-state index is 15.5. The third-order valence-corrected chi connectivity index (χ3v) is 10.7. The van der Waals surface area contributed by atoms with Crippen molar-refractivity contribution in [2.24, 2.45) is 5.92 Å². The van der Waals surface area contributed by atoms with Crippen LogP contribution >= 0.6 is 7.14 Å². The highest BCUT2D eigenvalue weighted by molar-refractivity contribution is 7.71. The zero-order valence-electron chi connectivity index (χ0n) is 20.6. The van der Waals surface area contributed by atoms with Gasteiger partial charge < -0.3 is 15.0 Å². The summed E-state index contributed by atoms with van der Waals surface area (Å²) < 4.78 is 59.4. The topological polar surface area (TPSA) is 88.0 Å². The Balaban J connectivity index is 1.51. The molecule has 10 heteroatoms. The van der Waals surface area contributed by atoms with Gasteiger partial charge in [0.1, 0.15) is 35.6 Å². The number of anilines is 1. The van der Waals surface area contributed by atoms with Gasteiger partial charge in [0.15, 0.2) is 0 Å². The lowest BCUT2D eigenvalue weighted by molar-refractivity contribution is -0.191. The van der Waals surface area contributed by atoms with Gasteiger partial charge >= 0.3 is 5.92 Å². The van der Waals surface area contributed by atoms with Gasteiger partial charge in [-0.25, -0.2) is 14.4 Å². The number of hydrogen-bond donors (Lipinski definition) is 2. The third-order valence-electron chi connectivity index (χ3n) is 7.58. The van der Waals surface area contributed by atoms with Gasteiger partial charge in [-0.1, -0.05) is 12.1 Å². The molecule has 1 saturated carbocycles.